The van der Waals surface area contributed by atoms with E-state index >= 15 is 0 Å². The predicted octanol–water partition coefficient (Wildman–Crippen LogP) is 3.95. The van der Waals surface area contributed by atoms with E-state index in [0.717, 1.165) is 28.0 Å². The van der Waals surface area contributed by atoms with Gasteiger partial charge < -0.3 is 14.8 Å². The Hall–Kier alpha value is -2.49. The maximum absolute atomic E-state index is 12.2. The number of aryl methyl sites for hydroxylation is 3. The molecule has 0 heterocycles. The molecule has 0 unspecified atom stereocenters. The summed E-state index contributed by atoms with van der Waals surface area (Å²) in [6.07, 6.45) is 0. The molecule has 0 fully saturated rings. The monoisotopic (exact) mass is 313 g/mol. The van der Waals surface area contributed by atoms with Crippen LogP contribution in [0.5, 0.6) is 11.5 Å². The number of hydrogen-bond acceptors (Lipinski definition) is 3. The number of carbonyl (C=O) groups is 1. The van der Waals surface area contributed by atoms with Crippen molar-refractivity contribution in [2.45, 2.75) is 27.7 Å². The van der Waals surface area contributed by atoms with Gasteiger partial charge in [-0.15, -0.1) is 0 Å². The van der Waals surface area contributed by atoms with Gasteiger partial charge in [-0.2, -0.15) is 0 Å². The van der Waals surface area contributed by atoms with E-state index in [1.54, 1.807) is 7.11 Å². The Morgan fingerprint density at radius 1 is 1.00 bits per heavy atom. The quantitative estimate of drug-likeness (QED) is 0.909. The van der Waals surface area contributed by atoms with Crippen LogP contribution in [0.15, 0.2) is 30.3 Å². The van der Waals surface area contributed by atoms with E-state index < -0.39 is 0 Å². The number of ether oxygens (including phenoxy) is 2. The molecule has 1 amide bonds. The number of rotatable bonds is 5. The first-order valence-electron chi connectivity index (χ1n) is 7.56. The maximum atomic E-state index is 12.2. The average molecular weight is 313 g/mol. The van der Waals surface area contributed by atoms with Gasteiger partial charge in [-0.25, -0.2) is 0 Å². The minimum atomic E-state index is -0.215. The number of nitrogens with one attached hydrogen (secondary N) is 1. The van der Waals surface area contributed by atoms with Crippen molar-refractivity contribution in [1.29, 1.82) is 0 Å². The first-order valence-corrected chi connectivity index (χ1v) is 7.56. The van der Waals surface area contributed by atoms with Crippen molar-refractivity contribution >= 4 is 11.6 Å². The van der Waals surface area contributed by atoms with Crippen LogP contribution in [0.1, 0.15) is 22.3 Å². The molecule has 0 saturated heterocycles. The molecule has 2 rings (SSSR count). The van der Waals surface area contributed by atoms with Crippen LogP contribution >= 0.6 is 0 Å². The molecule has 0 atom stereocenters. The fourth-order valence-electron chi connectivity index (χ4n) is 2.40. The van der Waals surface area contributed by atoms with Crippen molar-refractivity contribution in [3.05, 3.63) is 52.6 Å². The molecule has 0 aliphatic rings. The standard InChI is InChI=1S/C19H23NO3/c1-12-6-7-17(22-5)16(9-12)20-19(21)11-23-18-10-13(2)8-14(3)15(18)4/h6-10H,11H2,1-5H3,(H,20,21). The number of benzene rings is 2. The normalized spacial score (nSPS) is 10.3. The second kappa shape index (κ2) is 7.18. The molecule has 23 heavy (non-hydrogen) atoms. The lowest BCUT2D eigenvalue weighted by atomic mass is 10.1. The molecule has 2 aromatic rings. The Balaban J connectivity index is 2.05. The van der Waals surface area contributed by atoms with Gasteiger partial charge in [0.15, 0.2) is 6.61 Å². The van der Waals surface area contributed by atoms with Gasteiger partial charge in [0.25, 0.3) is 5.91 Å². The van der Waals surface area contributed by atoms with E-state index in [1.807, 2.05) is 52.0 Å². The van der Waals surface area contributed by atoms with Crippen molar-refractivity contribution in [2.24, 2.45) is 0 Å². The zero-order valence-corrected chi connectivity index (χ0v) is 14.3. The summed E-state index contributed by atoms with van der Waals surface area (Å²) in [6, 6.07) is 9.69. The maximum Gasteiger partial charge on any atom is 0.262 e. The summed E-state index contributed by atoms with van der Waals surface area (Å²) in [4.78, 5) is 12.2. The summed E-state index contributed by atoms with van der Waals surface area (Å²) >= 11 is 0. The first kappa shape index (κ1) is 16.9. The van der Waals surface area contributed by atoms with Gasteiger partial charge in [0.1, 0.15) is 11.5 Å². The largest absolute Gasteiger partial charge is 0.495 e. The van der Waals surface area contributed by atoms with Gasteiger partial charge in [0.05, 0.1) is 12.8 Å². The van der Waals surface area contributed by atoms with Crippen LogP contribution in [-0.2, 0) is 4.79 Å². The fraction of sp³-hybridized carbons (Fsp3) is 0.316. The zero-order chi connectivity index (χ0) is 17.0. The Morgan fingerprint density at radius 2 is 1.74 bits per heavy atom. The first-order chi connectivity index (χ1) is 10.9. The Morgan fingerprint density at radius 3 is 2.43 bits per heavy atom. The van der Waals surface area contributed by atoms with Crippen molar-refractivity contribution in [1.82, 2.24) is 0 Å². The van der Waals surface area contributed by atoms with E-state index in [1.165, 1.54) is 0 Å². The third kappa shape index (κ3) is 4.25. The molecule has 0 aliphatic heterocycles. The lowest BCUT2D eigenvalue weighted by molar-refractivity contribution is -0.118. The number of amides is 1. The van der Waals surface area contributed by atoms with E-state index in [2.05, 4.69) is 11.4 Å². The Kier molecular flexibility index (Phi) is 5.27. The van der Waals surface area contributed by atoms with Gasteiger partial charge in [-0.1, -0.05) is 12.1 Å². The van der Waals surface area contributed by atoms with Gasteiger partial charge in [0.2, 0.25) is 0 Å². The highest BCUT2D eigenvalue weighted by molar-refractivity contribution is 5.93. The SMILES string of the molecule is COc1ccc(C)cc1NC(=O)COc1cc(C)cc(C)c1C. The van der Waals surface area contributed by atoms with Crippen LogP contribution in [0.3, 0.4) is 0 Å². The summed E-state index contributed by atoms with van der Waals surface area (Å²) in [6.45, 7) is 7.96. The molecule has 0 saturated carbocycles. The second-order valence-electron chi connectivity index (χ2n) is 5.75. The van der Waals surface area contributed by atoms with Crippen LogP contribution in [0.4, 0.5) is 5.69 Å². The van der Waals surface area contributed by atoms with E-state index in [9.17, 15) is 4.79 Å². The van der Waals surface area contributed by atoms with Gasteiger partial charge in [-0.05, 0) is 68.1 Å². The minimum absolute atomic E-state index is 0.0408. The van der Waals surface area contributed by atoms with Crippen LogP contribution < -0.4 is 14.8 Å². The third-order valence-corrected chi connectivity index (χ3v) is 3.75. The predicted molar refractivity (Wildman–Crippen MR) is 92.5 cm³/mol. The van der Waals surface area contributed by atoms with E-state index in [-0.39, 0.29) is 12.5 Å². The van der Waals surface area contributed by atoms with Crippen LogP contribution in [0.2, 0.25) is 0 Å². The van der Waals surface area contributed by atoms with Crippen LogP contribution in [0, 0.1) is 27.7 Å². The number of methoxy groups -OCH3 is 1. The minimum Gasteiger partial charge on any atom is -0.495 e. The lowest BCUT2D eigenvalue weighted by Crippen LogP contribution is -2.21. The molecular weight excluding hydrogens is 290 g/mol. The molecule has 0 radical (unpaired) electrons. The summed E-state index contributed by atoms with van der Waals surface area (Å²) in [5.41, 5.74) is 5.02. The molecular formula is C19H23NO3. The van der Waals surface area contributed by atoms with Crippen molar-refractivity contribution in [2.75, 3.05) is 19.0 Å². The molecule has 4 heteroatoms. The highest BCUT2D eigenvalue weighted by Crippen LogP contribution is 2.26. The van der Waals surface area contributed by atoms with Crippen LogP contribution in [-0.4, -0.2) is 19.6 Å². The summed E-state index contributed by atoms with van der Waals surface area (Å²) < 4.78 is 10.9. The lowest BCUT2D eigenvalue weighted by Gasteiger charge is -2.14. The van der Waals surface area contributed by atoms with Crippen molar-refractivity contribution in [3.8, 4) is 11.5 Å². The topological polar surface area (TPSA) is 47.6 Å². The molecule has 4 nitrogen and oxygen atoms in total. The average Bonchev–Trinajstić information content (AvgIpc) is 2.49. The van der Waals surface area contributed by atoms with Gasteiger partial charge in [0, 0.05) is 0 Å². The number of carbonyl (C=O) groups excluding carboxylic acids is 1. The van der Waals surface area contributed by atoms with Crippen molar-refractivity contribution in [3.63, 3.8) is 0 Å². The summed E-state index contributed by atoms with van der Waals surface area (Å²) in [5, 5.41) is 2.83. The highest BCUT2D eigenvalue weighted by Gasteiger charge is 2.10. The molecule has 0 aromatic heterocycles. The molecule has 122 valence electrons. The van der Waals surface area contributed by atoms with E-state index in [4.69, 9.17) is 9.47 Å². The molecule has 0 spiro atoms. The molecule has 1 N–H and O–H groups in total. The van der Waals surface area contributed by atoms with Crippen molar-refractivity contribution < 1.29 is 14.3 Å². The second-order valence-corrected chi connectivity index (χ2v) is 5.75. The Labute approximate surface area is 137 Å². The smallest absolute Gasteiger partial charge is 0.262 e. The summed E-state index contributed by atoms with van der Waals surface area (Å²) in [7, 11) is 1.58. The number of anilines is 1. The fourth-order valence-corrected chi connectivity index (χ4v) is 2.40. The highest BCUT2D eigenvalue weighted by atomic mass is 16.5. The molecule has 0 bridgehead atoms. The molecule has 0 aliphatic carbocycles. The van der Waals surface area contributed by atoms with E-state index in [0.29, 0.717) is 11.4 Å². The zero-order valence-electron chi connectivity index (χ0n) is 14.3. The number of hydrogen-bond donors (Lipinski definition) is 1. The summed E-state index contributed by atoms with van der Waals surface area (Å²) in [5.74, 6) is 1.16. The van der Waals surface area contributed by atoms with Gasteiger partial charge in [-0.3, -0.25) is 4.79 Å². The van der Waals surface area contributed by atoms with Crippen LogP contribution in [0.25, 0.3) is 0 Å². The van der Waals surface area contributed by atoms with Gasteiger partial charge >= 0.3 is 0 Å². The Bertz CT molecular complexity index is 723. The molecule has 2 aromatic carbocycles. The third-order valence-electron chi connectivity index (χ3n) is 3.75.